The van der Waals surface area contributed by atoms with E-state index in [0.29, 0.717) is 6.42 Å². The fourth-order valence-corrected chi connectivity index (χ4v) is 3.07. The van der Waals surface area contributed by atoms with Crippen molar-refractivity contribution < 1.29 is 4.79 Å². The Morgan fingerprint density at radius 2 is 1.74 bits per heavy atom. The van der Waals surface area contributed by atoms with Crippen LogP contribution >= 0.6 is 36.4 Å². The molecule has 1 amide bonds. The number of rotatable bonds is 4. The first-order valence-electron chi connectivity index (χ1n) is 7.51. The van der Waals surface area contributed by atoms with Crippen molar-refractivity contribution in [3.05, 3.63) is 34.9 Å². The van der Waals surface area contributed by atoms with Crippen molar-refractivity contribution in [3.63, 3.8) is 0 Å². The lowest BCUT2D eigenvalue weighted by molar-refractivity contribution is -0.133. The van der Waals surface area contributed by atoms with E-state index in [-0.39, 0.29) is 42.8 Å². The summed E-state index contributed by atoms with van der Waals surface area (Å²) in [7, 11) is 0. The molecule has 2 rings (SSSR count). The smallest absolute Gasteiger partial charge is 0.224 e. The van der Waals surface area contributed by atoms with Gasteiger partial charge < -0.3 is 10.6 Å². The molecular formula is C16H26Cl3N3O. The number of nitrogens with two attached hydrogens (primary N) is 1. The van der Waals surface area contributed by atoms with Gasteiger partial charge in [0.25, 0.3) is 0 Å². The highest BCUT2D eigenvalue weighted by molar-refractivity contribution is 6.31. The Bertz CT molecular complexity index is 491. The molecular weight excluding hydrogens is 357 g/mol. The molecule has 2 unspecified atom stereocenters. The second-order valence-corrected chi connectivity index (χ2v) is 6.20. The van der Waals surface area contributed by atoms with E-state index in [4.69, 9.17) is 17.3 Å². The lowest BCUT2D eigenvalue weighted by atomic mass is 10.1. The monoisotopic (exact) mass is 381 g/mol. The zero-order valence-electron chi connectivity index (χ0n) is 13.6. The van der Waals surface area contributed by atoms with Gasteiger partial charge in [-0.15, -0.1) is 24.8 Å². The summed E-state index contributed by atoms with van der Waals surface area (Å²) in [4.78, 5) is 16.3. The first-order chi connectivity index (χ1) is 9.99. The Hall–Kier alpha value is -0.520. The Balaban J connectivity index is 0.00000242. The zero-order chi connectivity index (χ0) is 15.4. The summed E-state index contributed by atoms with van der Waals surface area (Å²) in [5.74, 6) is 0.162. The highest BCUT2D eigenvalue weighted by atomic mass is 35.5. The van der Waals surface area contributed by atoms with Crippen LogP contribution in [0.3, 0.4) is 0 Å². The molecule has 1 heterocycles. The van der Waals surface area contributed by atoms with Crippen LogP contribution in [-0.4, -0.2) is 47.9 Å². The number of nitrogens with zero attached hydrogens (tertiary/aromatic N) is 2. The number of piperazine rings is 1. The van der Waals surface area contributed by atoms with Crippen LogP contribution < -0.4 is 5.73 Å². The first-order valence-corrected chi connectivity index (χ1v) is 7.88. The topological polar surface area (TPSA) is 49.6 Å². The van der Waals surface area contributed by atoms with Crippen molar-refractivity contribution in [1.82, 2.24) is 9.80 Å². The molecule has 0 saturated carbocycles. The standard InChI is InChI=1S/C16H24ClN3O.2ClH/c1-12(18)11-16(21)20-9-7-19(8-10-20)13(2)14-5-3-4-6-15(14)17;;/h3-6,12-13H,7-11,18H2,1-2H3;2*1H. The predicted octanol–water partition coefficient (Wildman–Crippen LogP) is 3.13. The number of carbonyl (C=O) groups excluding carboxylic acids is 1. The average molecular weight is 383 g/mol. The fourth-order valence-electron chi connectivity index (χ4n) is 2.77. The average Bonchev–Trinajstić information content (AvgIpc) is 2.46. The second kappa shape index (κ2) is 10.4. The molecule has 7 heteroatoms. The third kappa shape index (κ3) is 6.12. The van der Waals surface area contributed by atoms with E-state index in [0.717, 1.165) is 36.8 Å². The van der Waals surface area contributed by atoms with Gasteiger partial charge in [0.05, 0.1) is 0 Å². The minimum atomic E-state index is -0.0717. The van der Waals surface area contributed by atoms with Crippen LogP contribution in [0.25, 0.3) is 0 Å². The van der Waals surface area contributed by atoms with Gasteiger partial charge in [0.1, 0.15) is 0 Å². The van der Waals surface area contributed by atoms with E-state index in [9.17, 15) is 4.79 Å². The summed E-state index contributed by atoms with van der Waals surface area (Å²) in [6, 6.07) is 8.15. The zero-order valence-corrected chi connectivity index (χ0v) is 16.0. The summed E-state index contributed by atoms with van der Waals surface area (Å²) < 4.78 is 0. The van der Waals surface area contributed by atoms with Gasteiger partial charge in [-0.25, -0.2) is 0 Å². The predicted molar refractivity (Wildman–Crippen MR) is 101 cm³/mol. The van der Waals surface area contributed by atoms with Crippen LogP contribution in [-0.2, 0) is 4.79 Å². The Morgan fingerprint density at radius 1 is 1.17 bits per heavy atom. The molecule has 1 aromatic carbocycles. The Labute approximate surface area is 156 Å². The molecule has 0 spiro atoms. The van der Waals surface area contributed by atoms with E-state index in [1.54, 1.807) is 0 Å². The van der Waals surface area contributed by atoms with Crippen LogP contribution in [0.2, 0.25) is 5.02 Å². The number of halogens is 3. The van der Waals surface area contributed by atoms with Crippen LogP contribution in [0.1, 0.15) is 31.9 Å². The van der Waals surface area contributed by atoms with Gasteiger partial charge in [0.2, 0.25) is 5.91 Å². The van der Waals surface area contributed by atoms with Crippen molar-refractivity contribution in [2.75, 3.05) is 26.2 Å². The summed E-state index contributed by atoms with van der Waals surface area (Å²) >= 11 is 6.27. The van der Waals surface area contributed by atoms with Crippen LogP contribution in [0.15, 0.2) is 24.3 Å². The van der Waals surface area contributed by atoms with Gasteiger partial charge in [-0.2, -0.15) is 0 Å². The molecule has 132 valence electrons. The van der Waals surface area contributed by atoms with Crippen molar-refractivity contribution >= 4 is 42.3 Å². The normalized spacial score (nSPS) is 17.7. The maximum Gasteiger partial charge on any atom is 0.224 e. The maximum absolute atomic E-state index is 12.0. The first kappa shape index (κ1) is 22.5. The molecule has 23 heavy (non-hydrogen) atoms. The quantitative estimate of drug-likeness (QED) is 0.870. The van der Waals surface area contributed by atoms with E-state index >= 15 is 0 Å². The lowest BCUT2D eigenvalue weighted by Crippen LogP contribution is -2.50. The van der Waals surface area contributed by atoms with E-state index in [1.165, 1.54) is 0 Å². The summed E-state index contributed by atoms with van der Waals surface area (Å²) in [5, 5.41) is 0.806. The minimum Gasteiger partial charge on any atom is -0.340 e. The molecule has 0 aromatic heterocycles. The van der Waals surface area contributed by atoms with Crippen LogP contribution in [0.5, 0.6) is 0 Å². The van der Waals surface area contributed by atoms with Crippen molar-refractivity contribution in [2.24, 2.45) is 5.73 Å². The Morgan fingerprint density at radius 3 is 2.26 bits per heavy atom. The van der Waals surface area contributed by atoms with Crippen molar-refractivity contribution in [3.8, 4) is 0 Å². The van der Waals surface area contributed by atoms with Gasteiger partial charge in [0, 0.05) is 49.7 Å². The number of hydrogen-bond acceptors (Lipinski definition) is 3. The molecule has 2 atom stereocenters. The lowest BCUT2D eigenvalue weighted by Gasteiger charge is -2.38. The maximum atomic E-state index is 12.0. The number of carbonyl (C=O) groups is 1. The van der Waals surface area contributed by atoms with Gasteiger partial charge >= 0.3 is 0 Å². The largest absolute Gasteiger partial charge is 0.340 e. The third-order valence-electron chi connectivity index (χ3n) is 4.07. The van der Waals surface area contributed by atoms with Crippen molar-refractivity contribution in [1.29, 1.82) is 0 Å². The van der Waals surface area contributed by atoms with Crippen LogP contribution in [0.4, 0.5) is 0 Å². The number of benzene rings is 1. The fraction of sp³-hybridized carbons (Fsp3) is 0.562. The molecule has 1 fully saturated rings. The number of hydrogen-bond donors (Lipinski definition) is 1. The van der Waals surface area contributed by atoms with Crippen LogP contribution in [0, 0.1) is 0 Å². The van der Waals surface area contributed by atoms with Gasteiger partial charge in [-0.3, -0.25) is 9.69 Å². The minimum absolute atomic E-state index is 0. The highest BCUT2D eigenvalue weighted by Gasteiger charge is 2.25. The molecule has 1 saturated heterocycles. The molecule has 1 aliphatic heterocycles. The van der Waals surface area contributed by atoms with E-state index in [1.807, 2.05) is 30.0 Å². The highest BCUT2D eigenvalue weighted by Crippen LogP contribution is 2.27. The third-order valence-corrected chi connectivity index (χ3v) is 4.41. The van der Waals surface area contributed by atoms with Crippen molar-refractivity contribution in [2.45, 2.75) is 32.4 Å². The Kier molecular flexibility index (Phi) is 10.1. The molecule has 1 aromatic rings. The SMILES string of the molecule is CC(N)CC(=O)N1CCN(C(C)c2ccccc2Cl)CC1.Cl.Cl. The van der Waals surface area contributed by atoms with Gasteiger partial charge in [-0.05, 0) is 25.5 Å². The molecule has 0 bridgehead atoms. The molecule has 1 aliphatic rings. The summed E-state index contributed by atoms with van der Waals surface area (Å²) in [6.07, 6.45) is 0.431. The van der Waals surface area contributed by atoms with Gasteiger partial charge in [0.15, 0.2) is 0 Å². The molecule has 0 radical (unpaired) electrons. The summed E-state index contributed by atoms with van der Waals surface area (Å²) in [6.45, 7) is 7.31. The molecule has 4 nitrogen and oxygen atoms in total. The second-order valence-electron chi connectivity index (χ2n) is 5.80. The van der Waals surface area contributed by atoms with E-state index < -0.39 is 0 Å². The van der Waals surface area contributed by atoms with Gasteiger partial charge in [-0.1, -0.05) is 29.8 Å². The molecule has 2 N–H and O–H groups in total. The van der Waals surface area contributed by atoms with E-state index in [2.05, 4.69) is 17.9 Å². The number of amides is 1. The summed E-state index contributed by atoms with van der Waals surface area (Å²) in [5.41, 5.74) is 6.84. The molecule has 0 aliphatic carbocycles.